The lowest BCUT2D eigenvalue weighted by molar-refractivity contribution is -0.140. The Morgan fingerprint density at radius 3 is 2.48 bits per heavy atom. The largest absolute Gasteiger partial charge is 0.507 e. The second kappa shape index (κ2) is 6.35. The molecule has 0 saturated heterocycles. The van der Waals surface area contributed by atoms with Crippen LogP contribution in [0.3, 0.4) is 0 Å². The summed E-state index contributed by atoms with van der Waals surface area (Å²) in [6.07, 6.45) is 1.32. The number of ether oxygens (including phenoxy) is 1. The van der Waals surface area contributed by atoms with E-state index in [0.29, 0.717) is 5.69 Å². The summed E-state index contributed by atoms with van der Waals surface area (Å²) in [7, 11) is 2.89. The van der Waals surface area contributed by atoms with Crippen molar-refractivity contribution in [3.05, 3.63) is 58.9 Å². The van der Waals surface area contributed by atoms with Crippen molar-refractivity contribution in [1.82, 2.24) is 9.78 Å². The first kappa shape index (κ1) is 16.6. The number of aliphatic hydroxyl groups excluding tert-OH is 1. The zero-order chi connectivity index (χ0) is 18.1. The summed E-state index contributed by atoms with van der Waals surface area (Å²) in [5.74, 6) is -3.24. The molecule has 1 atom stereocenters. The number of allylic oxidation sites excluding steroid dienone is 1. The minimum absolute atomic E-state index is 0.113. The number of aromatic nitrogens is 2. The highest BCUT2D eigenvalue weighted by atomic mass is 16.5. The Bertz CT molecular complexity index is 910. The van der Waals surface area contributed by atoms with E-state index in [1.807, 2.05) is 0 Å². The van der Waals surface area contributed by atoms with Gasteiger partial charge in [-0.25, -0.2) is 0 Å². The number of hydrogen-bond donors (Lipinski definition) is 1. The number of carbonyl (C=O) groups excluding carboxylic acids is 3. The SMILES string of the molecule is COC(=O)C[C@@H](C1=C(O)c2ccccc2C(=O)C1=O)c1ccnn1C. The van der Waals surface area contributed by atoms with Crippen LogP contribution in [0.25, 0.3) is 5.76 Å². The number of hydrogen-bond acceptors (Lipinski definition) is 6. The van der Waals surface area contributed by atoms with Gasteiger partial charge >= 0.3 is 5.97 Å². The van der Waals surface area contributed by atoms with Crippen molar-refractivity contribution in [2.24, 2.45) is 7.05 Å². The molecule has 1 heterocycles. The lowest BCUT2D eigenvalue weighted by Gasteiger charge is -2.24. The first-order valence-corrected chi connectivity index (χ1v) is 7.62. The fourth-order valence-electron chi connectivity index (χ4n) is 3.04. The number of esters is 1. The number of aryl methyl sites for hydroxylation is 1. The molecule has 1 aliphatic carbocycles. The molecule has 0 radical (unpaired) electrons. The quantitative estimate of drug-likeness (QED) is 0.673. The van der Waals surface area contributed by atoms with Crippen LogP contribution >= 0.6 is 0 Å². The number of methoxy groups -OCH3 is 1. The normalized spacial score (nSPS) is 15.1. The van der Waals surface area contributed by atoms with Crippen LogP contribution in [0.4, 0.5) is 0 Å². The number of rotatable bonds is 4. The number of benzene rings is 1. The third kappa shape index (κ3) is 2.73. The standard InChI is InChI=1S/C18H16N2O5/c1-20-13(7-8-19-20)12(9-14(21)25-2)15-16(22)10-5-3-4-6-11(10)17(23)18(15)24/h3-8,12,22H,9H2,1-2H3/t12-/m1/s1. The van der Waals surface area contributed by atoms with Gasteiger partial charge in [-0.05, 0) is 6.07 Å². The van der Waals surface area contributed by atoms with E-state index in [9.17, 15) is 19.5 Å². The molecule has 1 aromatic carbocycles. The molecular weight excluding hydrogens is 324 g/mol. The molecule has 0 saturated carbocycles. The van der Waals surface area contributed by atoms with Gasteiger partial charge in [0.25, 0.3) is 0 Å². The van der Waals surface area contributed by atoms with E-state index in [4.69, 9.17) is 4.74 Å². The lowest BCUT2D eigenvalue weighted by atomic mass is 9.80. The molecule has 2 aromatic rings. The molecule has 25 heavy (non-hydrogen) atoms. The Hall–Kier alpha value is -3.22. The van der Waals surface area contributed by atoms with Gasteiger partial charge in [0, 0.05) is 36.0 Å². The summed E-state index contributed by atoms with van der Waals surface area (Å²) in [4.78, 5) is 37.0. The monoisotopic (exact) mass is 340 g/mol. The number of carbonyl (C=O) groups is 3. The first-order valence-electron chi connectivity index (χ1n) is 7.62. The summed E-state index contributed by atoms with van der Waals surface area (Å²) in [5, 5.41) is 14.7. The molecule has 0 spiro atoms. The van der Waals surface area contributed by atoms with E-state index < -0.39 is 23.5 Å². The van der Waals surface area contributed by atoms with Gasteiger partial charge in [-0.2, -0.15) is 5.10 Å². The zero-order valence-corrected chi connectivity index (χ0v) is 13.7. The Balaban J connectivity index is 2.21. The number of Topliss-reactive ketones (excluding diaryl/α,β-unsaturated/α-hetero) is 2. The Morgan fingerprint density at radius 2 is 1.88 bits per heavy atom. The lowest BCUT2D eigenvalue weighted by Crippen LogP contribution is -2.29. The van der Waals surface area contributed by atoms with Gasteiger partial charge in [0.2, 0.25) is 11.6 Å². The van der Waals surface area contributed by atoms with E-state index in [-0.39, 0.29) is 28.9 Å². The van der Waals surface area contributed by atoms with Gasteiger partial charge in [0.1, 0.15) is 5.76 Å². The maximum atomic E-state index is 12.7. The molecule has 0 amide bonds. The maximum Gasteiger partial charge on any atom is 0.306 e. The van der Waals surface area contributed by atoms with Gasteiger partial charge in [-0.15, -0.1) is 0 Å². The van der Waals surface area contributed by atoms with Crippen molar-refractivity contribution in [2.75, 3.05) is 7.11 Å². The number of ketones is 2. The minimum Gasteiger partial charge on any atom is -0.507 e. The average molecular weight is 340 g/mol. The average Bonchev–Trinajstić information content (AvgIpc) is 3.04. The molecule has 7 heteroatoms. The topological polar surface area (TPSA) is 98.5 Å². The van der Waals surface area contributed by atoms with Crippen molar-refractivity contribution in [1.29, 1.82) is 0 Å². The van der Waals surface area contributed by atoms with Gasteiger partial charge in [-0.1, -0.05) is 24.3 Å². The zero-order valence-electron chi connectivity index (χ0n) is 13.7. The van der Waals surface area contributed by atoms with E-state index in [1.54, 1.807) is 31.3 Å². The van der Waals surface area contributed by atoms with Crippen molar-refractivity contribution in [2.45, 2.75) is 12.3 Å². The van der Waals surface area contributed by atoms with Crippen LogP contribution < -0.4 is 0 Å². The predicted octanol–water partition coefficient (Wildman–Crippen LogP) is 1.80. The number of nitrogens with zero attached hydrogens (tertiary/aromatic N) is 2. The fourth-order valence-corrected chi connectivity index (χ4v) is 3.04. The van der Waals surface area contributed by atoms with Crippen LogP contribution in [0.1, 0.15) is 34.0 Å². The highest BCUT2D eigenvalue weighted by Crippen LogP contribution is 2.37. The van der Waals surface area contributed by atoms with Crippen LogP contribution in [-0.2, 0) is 21.4 Å². The Morgan fingerprint density at radius 1 is 1.20 bits per heavy atom. The van der Waals surface area contributed by atoms with Crippen molar-refractivity contribution in [3.63, 3.8) is 0 Å². The van der Waals surface area contributed by atoms with Crippen LogP contribution in [0.5, 0.6) is 0 Å². The van der Waals surface area contributed by atoms with E-state index >= 15 is 0 Å². The van der Waals surface area contributed by atoms with Crippen molar-refractivity contribution >= 4 is 23.3 Å². The van der Waals surface area contributed by atoms with E-state index in [0.717, 1.165) is 0 Å². The molecule has 7 nitrogen and oxygen atoms in total. The van der Waals surface area contributed by atoms with Gasteiger partial charge in [0.15, 0.2) is 0 Å². The highest BCUT2D eigenvalue weighted by Gasteiger charge is 2.39. The molecule has 1 aliphatic rings. The predicted molar refractivity (Wildman–Crippen MR) is 87.9 cm³/mol. The second-order valence-electron chi connectivity index (χ2n) is 5.68. The number of aliphatic hydroxyl groups is 1. The summed E-state index contributed by atoms with van der Waals surface area (Å²) >= 11 is 0. The van der Waals surface area contributed by atoms with Crippen LogP contribution in [-0.4, -0.2) is 39.5 Å². The maximum absolute atomic E-state index is 12.7. The Labute approximate surface area is 143 Å². The molecular formula is C18H16N2O5. The summed E-state index contributed by atoms with van der Waals surface area (Å²) in [5.41, 5.74) is 0.833. The van der Waals surface area contributed by atoms with E-state index in [1.165, 1.54) is 24.1 Å². The van der Waals surface area contributed by atoms with Crippen molar-refractivity contribution in [3.8, 4) is 0 Å². The summed E-state index contributed by atoms with van der Waals surface area (Å²) < 4.78 is 6.20. The van der Waals surface area contributed by atoms with E-state index in [2.05, 4.69) is 5.10 Å². The fraction of sp³-hybridized carbons (Fsp3) is 0.222. The highest BCUT2D eigenvalue weighted by molar-refractivity contribution is 6.52. The molecule has 0 fully saturated rings. The molecule has 0 bridgehead atoms. The van der Waals surface area contributed by atoms with Gasteiger partial charge in [-0.3, -0.25) is 19.1 Å². The third-order valence-electron chi connectivity index (χ3n) is 4.30. The smallest absolute Gasteiger partial charge is 0.306 e. The van der Waals surface area contributed by atoms with Crippen LogP contribution in [0.2, 0.25) is 0 Å². The molecule has 3 rings (SSSR count). The minimum atomic E-state index is -0.843. The Kier molecular flexibility index (Phi) is 4.22. The molecule has 0 unspecified atom stereocenters. The second-order valence-corrected chi connectivity index (χ2v) is 5.68. The van der Waals surface area contributed by atoms with Crippen molar-refractivity contribution < 1.29 is 24.2 Å². The van der Waals surface area contributed by atoms with Gasteiger partial charge < -0.3 is 9.84 Å². The number of fused-ring (bicyclic) bond motifs is 1. The molecule has 1 N–H and O–H groups in total. The molecule has 1 aromatic heterocycles. The van der Waals surface area contributed by atoms with Gasteiger partial charge in [0.05, 0.1) is 19.1 Å². The molecule has 128 valence electrons. The van der Waals surface area contributed by atoms with Crippen LogP contribution in [0.15, 0.2) is 42.1 Å². The third-order valence-corrected chi connectivity index (χ3v) is 4.30. The first-order chi connectivity index (χ1) is 12.0. The summed E-state index contributed by atoms with van der Waals surface area (Å²) in [6.45, 7) is 0. The van der Waals surface area contributed by atoms with Crippen LogP contribution in [0, 0.1) is 0 Å². The molecule has 0 aliphatic heterocycles. The summed E-state index contributed by atoms with van der Waals surface area (Å²) in [6, 6.07) is 7.96.